The number of sulfonamides is 1. The number of hydrogen-bond acceptors (Lipinski definition) is 5. The minimum Gasteiger partial charge on any atom is -0.372 e. The molecule has 0 N–H and O–H groups in total. The minimum atomic E-state index is -3.56. The number of benzene rings is 1. The lowest BCUT2D eigenvalue weighted by atomic mass is 10.2. The number of rotatable bonds is 4. The molecule has 2 atom stereocenters. The van der Waals surface area contributed by atoms with Gasteiger partial charge in [0.1, 0.15) is 0 Å². The average Bonchev–Trinajstić information content (AvgIpc) is 2.61. The van der Waals surface area contributed by atoms with Crippen LogP contribution in [-0.4, -0.2) is 86.5 Å². The smallest absolute Gasteiger partial charge is 0.243 e. The molecule has 2 aliphatic rings. The van der Waals surface area contributed by atoms with Crippen molar-refractivity contribution < 1.29 is 17.9 Å². The van der Waals surface area contributed by atoms with E-state index in [1.54, 1.807) is 18.2 Å². The third-order valence-corrected chi connectivity index (χ3v) is 7.03. The predicted octanol–water partition coefficient (Wildman–Crippen LogP) is 1.28. The summed E-state index contributed by atoms with van der Waals surface area (Å²) in [6.07, 6.45) is 0.0785. The monoisotopic (exact) mass is 415 g/mol. The van der Waals surface area contributed by atoms with Crippen LogP contribution in [0.3, 0.4) is 0 Å². The summed E-state index contributed by atoms with van der Waals surface area (Å²) in [4.78, 5) is 16.6. The van der Waals surface area contributed by atoms with Crippen LogP contribution in [0, 0.1) is 0 Å². The van der Waals surface area contributed by atoms with Crippen molar-refractivity contribution in [2.24, 2.45) is 0 Å². The summed E-state index contributed by atoms with van der Waals surface area (Å²) in [5.74, 6) is 0.0724. The number of morpholine rings is 1. The molecule has 0 aromatic heterocycles. The maximum Gasteiger partial charge on any atom is 0.243 e. The Morgan fingerprint density at radius 1 is 1.15 bits per heavy atom. The lowest BCUT2D eigenvalue weighted by molar-refractivity contribution is -0.144. The van der Waals surface area contributed by atoms with E-state index in [0.717, 1.165) is 0 Å². The Kier molecular flexibility index (Phi) is 6.43. The number of halogens is 1. The Bertz CT molecular complexity index is 771. The molecular formula is C18H26ClN3O4S. The van der Waals surface area contributed by atoms with Crippen molar-refractivity contribution in [2.75, 3.05) is 45.8 Å². The number of ether oxygens (including phenoxy) is 1. The lowest BCUT2D eigenvalue weighted by Gasteiger charge is -2.38. The van der Waals surface area contributed by atoms with E-state index in [2.05, 4.69) is 0 Å². The number of amides is 1. The van der Waals surface area contributed by atoms with Gasteiger partial charge in [0, 0.05) is 44.3 Å². The van der Waals surface area contributed by atoms with Crippen molar-refractivity contribution in [1.82, 2.24) is 14.1 Å². The average molecular weight is 416 g/mol. The van der Waals surface area contributed by atoms with Crippen LogP contribution in [-0.2, 0) is 19.6 Å². The van der Waals surface area contributed by atoms with E-state index < -0.39 is 10.0 Å². The molecule has 0 aliphatic carbocycles. The van der Waals surface area contributed by atoms with Gasteiger partial charge in [-0.05, 0) is 32.0 Å². The third-order valence-electron chi connectivity index (χ3n) is 4.90. The van der Waals surface area contributed by atoms with Crippen molar-refractivity contribution in [3.05, 3.63) is 29.3 Å². The summed E-state index contributed by atoms with van der Waals surface area (Å²) in [7, 11) is -3.56. The maximum atomic E-state index is 12.7. The molecule has 1 amide bonds. The Labute approximate surface area is 165 Å². The van der Waals surface area contributed by atoms with Crippen LogP contribution in [0.25, 0.3) is 0 Å². The maximum absolute atomic E-state index is 12.7. The van der Waals surface area contributed by atoms with Gasteiger partial charge < -0.3 is 9.64 Å². The van der Waals surface area contributed by atoms with Crippen LogP contribution >= 0.6 is 11.6 Å². The second-order valence-electron chi connectivity index (χ2n) is 7.19. The van der Waals surface area contributed by atoms with Gasteiger partial charge in [0.2, 0.25) is 15.9 Å². The van der Waals surface area contributed by atoms with Crippen molar-refractivity contribution in [3.8, 4) is 0 Å². The molecule has 27 heavy (non-hydrogen) atoms. The Hall–Kier alpha value is -1.19. The van der Waals surface area contributed by atoms with E-state index in [1.165, 1.54) is 10.4 Å². The van der Waals surface area contributed by atoms with Gasteiger partial charge >= 0.3 is 0 Å². The zero-order chi connectivity index (χ0) is 19.6. The molecule has 1 aromatic carbocycles. The van der Waals surface area contributed by atoms with Gasteiger partial charge in [-0.15, -0.1) is 0 Å². The highest BCUT2D eigenvalue weighted by Crippen LogP contribution is 2.21. The van der Waals surface area contributed by atoms with Gasteiger partial charge in [-0.2, -0.15) is 4.31 Å². The molecule has 1 aromatic rings. The van der Waals surface area contributed by atoms with E-state index in [1.807, 2.05) is 23.6 Å². The number of piperazine rings is 1. The standard InChI is InChI=1S/C18H26ClN3O4S/c1-14-11-21(12-15(2)26-14)18(23)13-20-6-8-22(9-7-20)27(24,25)17-5-3-4-16(19)10-17/h3-5,10,14-15H,6-9,11-13H2,1-2H3/t14-,15-/m0/s1. The van der Waals surface area contributed by atoms with Crippen LogP contribution in [0.15, 0.2) is 29.2 Å². The number of carbonyl (C=O) groups excluding carboxylic acids is 1. The number of nitrogens with zero attached hydrogens (tertiary/aromatic N) is 3. The minimum absolute atomic E-state index is 0.0392. The first-order valence-corrected chi connectivity index (χ1v) is 11.0. The molecule has 9 heteroatoms. The highest BCUT2D eigenvalue weighted by atomic mass is 35.5. The summed E-state index contributed by atoms with van der Waals surface area (Å²) in [5, 5.41) is 0.397. The second kappa shape index (κ2) is 8.45. The quantitative estimate of drug-likeness (QED) is 0.741. The highest BCUT2D eigenvalue weighted by Gasteiger charge is 2.31. The molecule has 0 radical (unpaired) electrons. The van der Waals surface area contributed by atoms with Crippen LogP contribution < -0.4 is 0 Å². The van der Waals surface area contributed by atoms with Gasteiger partial charge in [-0.25, -0.2) is 8.42 Å². The van der Waals surface area contributed by atoms with Crippen molar-refractivity contribution in [3.63, 3.8) is 0 Å². The van der Waals surface area contributed by atoms with Crippen molar-refractivity contribution in [2.45, 2.75) is 31.0 Å². The van der Waals surface area contributed by atoms with Crippen molar-refractivity contribution >= 4 is 27.5 Å². The molecule has 2 heterocycles. The molecule has 0 spiro atoms. The summed E-state index contributed by atoms with van der Waals surface area (Å²) >= 11 is 5.92. The fourth-order valence-corrected chi connectivity index (χ4v) is 5.30. The third kappa shape index (κ3) is 5.00. The van der Waals surface area contributed by atoms with Gasteiger partial charge in [0.25, 0.3) is 0 Å². The van der Waals surface area contributed by atoms with Crippen LogP contribution in [0.5, 0.6) is 0 Å². The van der Waals surface area contributed by atoms with Crippen molar-refractivity contribution in [1.29, 1.82) is 0 Å². The van der Waals surface area contributed by atoms with E-state index in [0.29, 0.717) is 50.8 Å². The zero-order valence-electron chi connectivity index (χ0n) is 15.7. The summed E-state index contributed by atoms with van der Waals surface area (Å²) < 4.78 is 32.6. The molecule has 150 valence electrons. The van der Waals surface area contributed by atoms with Crippen LogP contribution in [0.2, 0.25) is 5.02 Å². The normalized spacial score (nSPS) is 25.5. The van der Waals surface area contributed by atoms with E-state index in [4.69, 9.17) is 16.3 Å². The molecule has 0 bridgehead atoms. The van der Waals surface area contributed by atoms with Crippen LogP contribution in [0.1, 0.15) is 13.8 Å². The molecule has 7 nitrogen and oxygen atoms in total. The van der Waals surface area contributed by atoms with Crippen LogP contribution in [0.4, 0.5) is 0 Å². The number of carbonyl (C=O) groups is 1. The Morgan fingerprint density at radius 3 is 2.37 bits per heavy atom. The Morgan fingerprint density at radius 2 is 1.78 bits per heavy atom. The topological polar surface area (TPSA) is 70.2 Å². The summed E-state index contributed by atoms with van der Waals surface area (Å²) in [6.45, 7) is 7.23. The second-order valence-corrected chi connectivity index (χ2v) is 9.57. The van der Waals surface area contributed by atoms with Gasteiger partial charge in [0.05, 0.1) is 23.6 Å². The van der Waals surface area contributed by atoms with E-state index in [9.17, 15) is 13.2 Å². The fraction of sp³-hybridized carbons (Fsp3) is 0.611. The van der Waals surface area contributed by atoms with E-state index >= 15 is 0 Å². The summed E-state index contributed by atoms with van der Waals surface area (Å²) in [5.41, 5.74) is 0. The summed E-state index contributed by atoms with van der Waals surface area (Å²) in [6, 6.07) is 6.30. The highest BCUT2D eigenvalue weighted by molar-refractivity contribution is 7.89. The first-order chi connectivity index (χ1) is 12.8. The van der Waals surface area contributed by atoms with Gasteiger partial charge in [-0.1, -0.05) is 17.7 Å². The Balaban J connectivity index is 1.55. The SMILES string of the molecule is C[C@H]1CN(C(=O)CN2CCN(S(=O)(=O)c3cccc(Cl)c3)CC2)C[C@H](C)O1. The van der Waals surface area contributed by atoms with Gasteiger partial charge in [0.15, 0.2) is 0 Å². The molecule has 2 saturated heterocycles. The fourth-order valence-electron chi connectivity index (χ4n) is 3.58. The van der Waals surface area contributed by atoms with E-state index in [-0.39, 0.29) is 23.0 Å². The predicted molar refractivity (Wildman–Crippen MR) is 103 cm³/mol. The lowest BCUT2D eigenvalue weighted by Crippen LogP contribution is -2.54. The molecule has 0 saturated carbocycles. The number of hydrogen-bond donors (Lipinski definition) is 0. The first-order valence-electron chi connectivity index (χ1n) is 9.17. The first kappa shape index (κ1) is 20.5. The molecule has 2 fully saturated rings. The molecule has 0 unspecified atom stereocenters. The zero-order valence-corrected chi connectivity index (χ0v) is 17.2. The molecule has 2 aliphatic heterocycles. The largest absolute Gasteiger partial charge is 0.372 e. The van der Waals surface area contributed by atoms with Gasteiger partial charge in [-0.3, -0.25) is 9.69 Å². The molecule has 3 rings (SSSR count). The molecular weight excluding hydrogens is 390 g/mol.